The predicted molar refractivity (Wildman–Crippen MR) is 49.2 cm³/mol. The molecule has 0 rings (SSSR count). The second-order valence-corrected chi connectivity index (χ2v) is 2.64. The van der Waals surface area contributed by atoms with Gasteiger partial charge in [-0.15, -0.1) is 0 Å². The fourth-order valence-electron chi connectivity index (χ4n) is 0.400. The molecule has 0 aromatic rings. The maximum atomic E-state index is 10.7. The second-order valence-electron chi connectivity index (χ2n) is 1.75. The van der Waals surface area contributed by atoms with Crippen molar-refractivity contribution in [3.63, 3.8) is 0 Å². The van der Waals surface area contributed by atoms with Gasteiger partial charge in [0.15, 0.2) is 0 Å². The van der Waals surface area contributed by atoms with Crippen LogP contribution in [0.3, 0.4) is 0 Å². The molecule has 0 fully saturated rings. The third-order valence-electron chi connectivity index (χ3n) is 0.891. The standard InChI is InChI=1S/C6H10INO3/c7-3-5(4-9)11-6(10)1-2-8/h1-2,5,9H,3-4,8H2/b2-1+. The van der Waals surface area contributed by atoms with Crippen LogP contribution in [0.15, 0.2) is 12.3 Å². The Morgan fingerprint density at radius 3 is 2.82 bits per heavy atom. The summed E-state index contributed by atoms with van der Waals surface area (Å²) in [5.41, 5.74) is 4.94. The maximum absolute atomic E-state index is 10.7. The van der Waals surface area contributed by atoms with Crippen LogP contribution in [-0.4, -0.2) is 28.2 Å². The normalized spacial score (nSPS) is 13.3. The van der Waals surface area contributed by atoms with E-state index in [1.165, 1.54) is 0 Å². The van der Waals surface area contributed by atoms with Gasteiger partial charge >= 0.3 is 5.97 Å². The second kappa shape index (κ2) is 6.41. The molecule has 11 heavy (non-hydrogen) atoms. The van der Waals surface area contributed by atoms with Crippen molar-refractivity contribution in [2.24, 2.45) is 5.73 Å². The number of halogens is 1. The van der Waals surface area contributed by atoms with Crippen LogP contribution in [0.5, 0.6) is 0 Å². The molecule has 0 aliphatic carbocycles. The van der Waals surface area contributed by atoms with Crippen LogP contribution < -0.4 is 5.73 Å². The Hall–Kier alpha value is -0.300. The minimum atomic E-state index is -0.525. The molecule has 64 valence electrons. The molecule has 0 spiro atoms. The van der Waals surface area contributed by atoms with Crippen molar-refractivity contribution in [3.05, 3.63) is 12.3 Å². The van der Waals surface area contributed by atoms with Gasteiger partial charge in [0.05, 0.1) is 6.61 Å². The quantitative estimate of drug-likeness (QED) is 0.321. The minimum Gasteiger partial charge on any atom is -0.456 e. The Balaban J connectivity index is 3.71. The lowest BCUT2D eigenvalue weighted by Crippen LogP contribution is -2.22. The first kappa shape index (κ1) is 10.7. The average molecular weight is 271 g/mol. The first-order valence-corrected chi connectivity index (χ1v) is 4.52. The van der Waals surface area contributed by atoms with Crippen LogP contribution in [-0.2, 0) is 9.53 Å². The Bertz CT molecular complexity index is 145. The molecule has 0 aromatic heterocycles. The van der Waals surface area contributed by atoms with Crippen molar-refractivity contribution < 1.29 is 14.6 Å². The third kappa shape index (κ3) is 5.02. The van der Waals surface area contributed by atoms with Gasteiger partial charge < -0.3 is 15.6 Å². The summed E-state index contributed by atoms with van der Waals surface area (Å²) in [7, 11) is 0. The highest BCUT2D eigenvalue weighted by molar-refractivity contribution is 14.1. The lowest BCUT2D eigenvalue weighted by atomic mass is 10.4. The van der Waals surface area contributed by atoms with E-state index >= 15 is 0 Å². The highest BCUT2D eigenvalue weighted by Gasteiger charge is 2.08. The van der Waals surface area contributed by atoms with Crippen molar-refractivity contribution in [3.8, 4) is 0 Å². The van der Waals surface area contributed by atoms with Gasteiger partial charge in [-0.3, -0.25) is 0 Å². The number of nitrogens with two attached hydrogens (primary N) is 1. The fourth-order valence-corrected chi connectivity index (χ4v) is 0.858. The van der Waals surface area contributed by atoms with Crippen LogP contribution in [0.1, 0.15) is 0 Å². The van der Waals surface area contributed by atoms with Crippen LogP contribution >= 0.6 is 22.6 Å². The van der Waals surface area contributed by atoms with Gasteiger partial charge in [-0.1, -0.05) is 22.6 Å². The van der Waals surface area contributed by atoms with Gasteiger partial charge in [0, 0.05) is 16.7 Å². The highest BCUT2D eigenvalue weighted by atomic mass is 127. The summed E-state index contributed by atoms with van der Waals surface area (Å²) in [4.78, 5) is 10.7. The van der Waals surface area contributed by atoms with Gasteiger partial charge in [-0.05, 0) is 0 Å². The molecule has 0 aromatic carbocycles. The first-order chi connectivity index (χ1) is 5.24. The molecule has 1 unspecified atom stereocenters. The van der Waals surface area contributed by atoms with Crippen LogP contribution in [0.4, 0.5) is 0 Å². The molecule has 0 radical (unpaired) electrons. The van der Waals surface area contributed by atoms with Crippen molar-refractivity contribution in [2.45, 2.75) is 6.10 Å². The number of esters is 1. The van der Waals surface area contributed by atoms with Crippen molar-refractivity contribution >= 4 is 28.6 Å². The van der Waals surface area contributed by atoms with Gasteiger partial charge in [0.2, 0.25) is 0 Å². The van der Waals surface area contributed by atoms with E-state index in [9.17, 15) is 4.79 Å². The summed E-state index contributed by atoms with van der Waals surface area (Å²) in [6.07, 6.45) is 1.78. The van der Waals surface area contributed by atoms with Crippen molar-refractivity contribution in [1.29, 1.82) is 0 Å². The van der Waals surface area contributed by atoms with Crippen LogP contribution in [0.2, 0.25) is 0 Å². The predicted octanol–water partition coefficient (Wildman–Crippen LogP) is -0.202. The van der Waals surface area contributed by atoms with Gasteiger partial charge in [0.25, 0.3) is 0 Å². The number of ether oxygens (including phenoxy) is 1. The minimum absolute atomic E-state index is 0.160. The Morgan fingerprint density at radius 2 is 2.45 bits per heavy atom. The summed E-state index contributed by atoms with van der Waals surface area (Å²) in [6.45, 7) is -0.160. The van der Waals surface area contributed by atoms with E-state index in [-0.39, 0.29) is 6.61 Å². The number of aliphatic hydroxyl groups excluding tert-OH is 1. The molecule has 3 N–H and O–H groups in total. The lowest BCUT2D eigenvalue weighted by molar-refractivity contribution is -0.143. The van der Waals surface area contributed by atoms with Gasteiger partial charge in [-0.25, -0.2) is 4.79 Å². The first-order valence-electron chi connectivity index (χ1n) is 3.00. The van der Waals surface area contributed by atoms with E-state index in [1.807, 2.05) is 22.6 Å². The number of hydrogen-bond donors (Lipinski definition) is 2. The number of rotatable bonds is 4. The molecule has 5 heteroatoms. The van der Waals surface area contributed by atoms with E-state index in [1.54, 1.807) is 0 Å². The van der Waals surface area contributed by atoms with E-state index < -0.39 is 12.1 Å². The Kier molecular flexibility index (Phi) is 6.24. The summed E-state index contributed by atoms with van der Waals surface area (Å²) in [5.74, 6) is -0.525. The molecule has 0 aliphatic heterocycles. The molecule has 0 bridgehead atoms. The maximum Gasteiger partial charge on any atom is 0.332 e. The number of carbonyl (C=O) groups excluding carboxylic acids is 1. The fraction of sp³-hybridized carbons (Fsp3) is 0.500. The Labute approximate surface area is 78.5 Å². The smallest absolute Gasteiger partial charge is 0.332 e. The molecule has 0 saturated heterocycles. The SMILES string of the molecule is N/C=C/C(=O)OC(CO)CI. The number of aliphatic hydroxyl groups is 1. The average Bonchev–Trinajstić information content (AvgIpc) is 2.01. The largest absolute Gasteiger partial charge is 0.456 e. The lowest BCUT2D eigenvalue weighted by Gasteiger charge is -2.09. The molecule has 0 amide bonds. The van der Waals surface area contributed by atoms with E-state index in [2.05, 4.69) is 0 Å². The third-order valence-corrected chi connectivity index (χ3v) is 1.87. The molecule has 1 atom stereocenters. The van der Waals surface area contributed by atoms with Crippen LogP contribution in [0, 0.1) is 0 Å². The summed E-state index contributed by atoms with van der Waals surface area (Å²) in [6, 6.07) is 0. The Morgan fingerprint density at radius 1 is 1.82 bits per heavy atom. The van der Waals surface area contributed by atoms with Crippen LogP contribution in [0.25, 0.3) is 0 Å². The van der Waals surface area contributed by atoms with E-state index in [4.69, 9.17) is 15.6 Å². The topological polar surface area (TPSA) is 72.6 Å². The zero-order valence-corrected chi connectivity index (χ0v) is 8.02. The summed E-state index contributed by atoms with van der Waals surface area (Å²) in [5, 5.41) is 8.61. The zero-order chi connectivity index (χ0) is 8.69. The van der Waals surface area contributed by atoms with Gasteiger partial charge in [0.1, 0.15) is 6.10 Å². The number of carbonyl (C=O) groups is 1. The number of hydrogen-bond acceptors (Lipinski definition) is 4. The van der Waals surface area contributed by atoms with E-state index in [0.717, 1.165) is 12.3 Å². The molecule has 0 saturated carbocycles. The highest BCUT2D eigenvalue weighted by Crippen LogP contribution is 1.97. The van der Waals surface area contributed by atoms with E-state index in [0.29, 0.717) is 4.43 Å². The molecular weight excluding hydrogens is 261 g/mol. The van der Waals surface area contributed by atoms with Crippen molar-refractivity contribution in [1.82, 2.24) is 0 Å². The van der Waals surface area contributed by atoms with Gasteiger partial charge in [-0.2, -0.15) is 0 Å². The monoisotopic (exact) mass is 271 g/mol. The zero-order valence-electron chi connectivity index (χ0n) is 5.87. The molecule has 0 aliphatic rings. The molecular formula is C6H10INO3. The summed E-state index contributed by atoms with van der Waals surface area (Å²) >= 11 is 2.02. The number of alkyl halides is 1. The molecule has 0 heterocycles. The van der Waals surface area contributed by atoms with Crippen molar-refractivity contribution in [2.75, 3.05) is 11.0 Å². The summed E-state index contributed by atoms with van der Waals surface area (Å²) < 4.78 is 5.29. The molecule has 4 nitrogen and oxygen atoms in total.